The minimum absolute atomic E-state index is 0.0397. The van der Waals surface area contributed by atoms with Crippen LogP contribution in [0.2, 0.25) is 0 Å². The van der Waals surface area contributed by atoms with Crippen LogP contribution in [-0.2, 0) is 22.0 Å². The predicted molar refractivity (Wildman–Crippen MR) is 119 cm³/mol. The molecule has 29 heavy (non-hydrogen) atoms. The Bertz CT molecular complexity index is 1070. The summed E-state index contributed by atoms with van der Waals surface area (Å²) in [6.07, 6.45) is 4.63. The number of carbonyl (C=O) groups excluding carboxylic acids is 1. The Balaban J connectivity index is 1.64. The standard InChI is InChI=1S/C22H24N2O3S2/c1-3-4-5-16-6-10-18(11-7-16)20-14-28-22(23-20)24-21(25)19-12-8-17(9-13-19)15-29(2,26)27/h6-14H,3-5,15H2,1-2H3,(H,23,24,25). The number of anilines is 1. The van der Waals surface area contributed by atoms with Crippen molar-refractivity contribution in [1.82, 2.24) is 4.98 Å². The van der Waals surface area contributed by atoms with Gasteiger partial charge in [-0.25, -0.2) is 13.4 Å². The fourth-order valence-electron chi connectivity index (χ4n) is 2.91. The molecule has 0 aliphatic heterocycles. The van der Waals surface area contributed by atoms with Gasteiger partial charge in [-0.1, -0.05) is 49.7 Å². The van der Waals surface area contributed by atoms with E-state index in [0.29, 0.717) is 16.3 Å². The average Bonchev–Trinajstić information content (AvgIpc) is 3.14. The Labute approximate surface area is 175 Å². The van der Waals surface area contributed by atoms with Crippen molar-refractivity contribution >= 4 is 32.2 Å². The lowest BCUT2D eigenvalue weighted by Crippen LogP contribution is -2.11. The Kier molecular flexibility index (Phi) is 6.82. The van der Waals surface area contributed by atoms with Crippen molar-refractivity contribution in [3.05, 3.63) is 70.6 Å². The van der Waals surface area contributed by atoms with Gasteiger partial charge in [0.1, 0.15) is 0 Å². The maximum atomic E-state index is 12.4. The lowest BCUT2D eigenvalue weighted by atomic mass is 10.1. The van der Waals surface area contributed by atoms with Gasteiger partial charge in [0.25, 0.3) is 5.91 Å². The van der Waals surface area contributed by atoms with Gasteiger partial charge in [-0.05, 0) is 36.1 Å². The van der Waals surface area contributed by atoms with Gasteiger partial charge in [0, 0.05) is 22.8 Å². The predicted octanol–water partition coefficient (Wildman–Crippen LogP) is 4.95. The Morgan fingerprint density at radius 2 is 1.69 bits per heavy atom. The van der Waals surface area contributed by atoms with Crippen LogP contribution in [0.4, 0.5) is 5.13 Å². The van der Waals surface area contributed by atoms with Crippen LogP contribution in [0.5, 0.6) is 0 Å². The topological polar surface area (TPSA) is 76.1 Å². The summed E-state index contributed by atoms with van der Waals surface area (Å²) in [6.45, 7) is 2.18. The summed E-state index contributed by atoms with van der Waals surface area (Å²) in [7, 11) is -3.10. The van der Waals surface area contributed by atoms with E-state index >= 15 is 0 Å². The second-order valence-electron chi connectivity index (χ2n) is 7.06. The normalized spacial score (nSPS) is 11.4. The smallest absolute Gasteiger partial charge is 0.257 e. The zero-order chi connectivity index (χ0) is 20.9. The molecule has 0 aliphatic rings. The van der Waals surface area contributed by atoms with Crippen molar-refractivity contribution < 1.29 is 13.2 Å². The van der Waals surface area contributed by atoms with Crippen LogP contribution in [0.25, 0.3) is 11.3 Å². The number of nitrogens with zero attached hydrogens (tertiary/aromatic N) is 1. The van der Waals surface area contributed by atoms with E-state index in [-0.39, 0.29) is 11.7 Å². The molecular weight excluding hydrogens is 404 g/mol. The van der Waals surface area contributed by atoms with Gasteiger partial charge >= 0.3 is 0 Å². The van der Waals surface area contributed by atoms with E-state index in [0.717, 1.165) is 17.7 Å². The van der Waals surface area contributed by atoms with Gasteiger partial charge in [0.15, 0.2) is 15.0 Å². The van der Waals surface area contributed by atoms with Crippen LogP contribution in [-0.4, -0.2) is 25.6 Å². The number of rotatable bonds is 8. The quantitative estimate of drug-likeness (QED) is 0.551. The molecule has 1 amide bonds. The molecule has 1 aromatic heterocycles. The lowest BCUT2D eigenvalue weighted by molar-refractivity contribution is 0.102. The second kappa shape index (κ2) is 9.33. The van der Waals surface area contributed by atoms with E-state index in [1.54, 1.807) is 24.3 Å². The number of nitrogens with one attached hydrogen (secondary N) is 1. The van der Waals surface area contributed by atoms with Gasteiger partial charge in [-0.15, -0.1) is 11.3 Å². The van der Waals surface area contributed by atoms with Gasteiger partial charge in [0.05, 0.1) is 11.4 Å². The van der Waals surface area contributed by atoms with E-state index in [4.69, 9.17) is 0 Å². The number of aryl methyl sites for hydroxylation is 1. The van der Waals surface area contributed by atoms with E-state index in [2.05, 4.69) is 41.5 Å². The summed E-state index contributed by atoms with van der Waals surface area (Å²) in [4.78, 5) is 16.9. The van der Waals surface area contributed by atoms with Gasteiger partial charge in [-0.2, -0.15) is 0 Å². The van der Waals surface area contributed by atoms with Crippen LogP contribution in [0.15, 0.2) is 53.9 Å². The summed E-state index contributed by atoms with van der Waals surface area (Å²) in [5.74, 6) is -0.311. The first kappa shape index (κ1) is 21.2. The lowest BCUT2D eigenvalue weighted by Gasteiger charge is -2.04. The maximum absolute atomic E-state index is 12.4. The molecule has 1 heterocycles. The first-order valence-electron chi connectivity index (χ1n) is 9.47. The third-order valence-electron chi connectivity index (χ3n) is 4.44. The number of amides is 1. The largest absolute Gasteiger partial charge is 0.298 e. The summed E-state index contributed by atoms with van der Waals surface area (Å²) in [6, 6.07) is 14.9. The maximum Gasteiger partial charge on any atom is 0.257 e. The molecule has 0 saturated heterocycles. The third-order valence-corrected chi connectivity index (χ3v) is 6.05. The first-order valence-corrected chi connectivity index (χ1v) is 12.4. The molecule has 0 radical (unpaired) electrons. The van der Waals surface area contributed by atoms with Crippen molar-refractivity contribution in [1.29, 1.82) is 0 Å². The number of aromatic nitrogens is 1. The fraction of sp³-hybridized carbons (Fsp3) is 0.273. The molecule has 0 spiro atoms. The van der Waals surface area contributed by atoms with Crippen LogP contribution in [0, 0.1) is 0 Å². The molecule has 2 aromatic carbocycles. The molecule has 0 fully saturated rings. The molecular formula is C22H24N2O3S2. The highest BCUT2D eigenvalue weighted by Gasteiger charge is 2.11. The molecule has 152 valence electrons. The van der Waals surface area contributed by atoms with Crippen LogP contribution in [0.3, 0.4) is 0 Å². The number of carbonyl (C=O) groups is 1. The molecule has 7 heteroatoms. The molecule has 0 unspecified atom stereocenters. The number of thiazole rings is 1. The average molecular weight is 429 g/mol. The molecule has 1 N–H and O–H groups in total. The second-order valence-corrected chi connectivity index (χ2v) is 10.1. The van der Waals surface area contributed by atoms with Crippen LogP contribution < -0.4 is 5.32 Å². The summed E-state index contributed by atoms with van der Waals surface area (Å²) in [5, 5.41) is 5.26. The molecule has 3 aromatic rings. The van der Waals surface area contributed by atoms with E-state index in [1.807, 2.05) is 5.38 Å². The number of unbranched alkanes of at least 4 members (excludes halogenated alkanes) is 1. The molecule has 0 atom stereocenters. The molecule has 3 rings (SSSR count). The van der Waals surface area contributed by atoms with Crippen molar-refractivity contribution in [2.24, 2.45) is 0 Å². The highest BCUT2D eigenvalue weighted by molar-refractivity contribution is 7.89. The molecule has 0 saturated carbocycles. The number of hydrogen-bond acceptors (Lipinski definition) is 5. The monoisotopic (exact) mass is 428 g/mol. The van der Waals surface area contributed by atoms with Crippen molar-refractivity contribution in [3.8, 4) is 11.3 Å². The Morgan fingerprint density at radius 3 is 2.31 bits per heavy atom. The Morgan fingerprint density at radius 1 is 1.03 bits per heavy atom. The zero-order valence-corrected chi connectivity index (χ0v) is 18.1. The van der Waals surface area contributed by atoms with Crippen molar-refractivity contribution in [2.75, 3.05) is 11.6 Å². The minimum atomic E-state index is -3.10. The van der Waals surface area contributed by atoms with Crippen LogP contribution >= 0.6 is 11.3 Å². The van der Waals surface area contributed by atoms with Crippen LogP contribution in [0.1, 0.15) is 41.3 Å². The first-order chi connectivity index (χ1) is 13.8. The number of hydrogen-bond donors (Lipinski definition) is 1. The van der Waals surface area contributed by atoms with E-state index in [1.165, 1.54) is 36.0 Å². The van der Waals surface area contributed by atoms with Gasteiger partial charge in [-0.3, -0.25) is 10.1 Å². The van der Waals surface area contributed by atoms with Gasteiger partial charge in [0.2, 0.25) is 0 Å². The highest BCUT2D eigenvalue weighted by Crippen LogP contribution is 2.26. The number of sulfone groups is 1. The van der Waals surface area contributed by atoms with E-state index in [9.17, 15) is 13.2 Å². The third kappa shape index (κ3) is 6.24. The molecule has 0 aliphatic carbocycles. The van der Waals surface area contributed by atoms with Gasteiger partial charge < -0.3 is 0 Å². The molecule has 0 bridgehead atoms. The number of benzene rings is 2. The fourth-order valence-corrected chi connectivity index (χ4v) is 4.42. The summed E-state index contributed by atoms with van der Waals surface area (Å²) < 4.78 is 22.7. The van der Waals surface area contributed by atoms with Crippen molar-refractivity contribution in [2.45, 2.75) is 31.9 Å². The summed E-state index contributed by atoms with van der Waals surface area (Å²) >= 11 is 1.37. The SMILES string of the molecule is CCCCc1ccc(-c2csc(NC(=O)c3ccc(CS(C)(=O)=O)cc3)n2)cc1. The summed E-state index contributed by atoms with van der Waals surface area (Å²) in [5.41, 5.74) is 4.28. The van der Waals surface area contributed by atoms with Crippen molar-refractivity contribution in [3.63, 3.8) is 0 Å². The Hall–Kier alpha value is -2.51. The minimum Gasteiger partial charge on any atom is -0.298 e. The highest BCUT2D eigenvalue weighted by atomic mass is 32.2. The zero-order valence-electron chi connectivity index (χ0n) is 16.5. The van der Waals surface area contributed by atoms with E-state index < -0.39 is 9.84 Å². The molecule has 5 nitrogen and oxygen atoms in total.